The van der Waals surface area contributed by atoms with Crippen molar-refractivity contribution in [3.05, 3.63) is 41.4 Å². The van der Waals surface area contributed by atoms with Crippen molar-refractivity contribution in [2.45, 2.75) is 13.0 Å². The van der Waals surface area contributed by atoms with Gasteiger partial charge in [0.15, 0.2) is 0 Å². The maximum absolute atomic E-state index is 5.72. The van der Waals surface area contributed by atoms with Crippen molar-refractivity contribution < 1.29 is 0 Å². The Morgan fingerprint density at radius 1 is 1.38 bits per heavy atom. The van der Waals surface area contributed by atoms with E-state index in [4.69, 9.17) is 11.6 Å². The molecule has 4 nitrogen and oxygen atoms in total. The number of hydrogen-bond donors (Lipinski definition) is 1. The van der Waals surface area contributed by atoms with Crippen LogP contribution in [-0.2, 0) is 7.05 Å². The summed E-state index contributed by atoms with van der Waals surface area (Å²) in [6, 6.07) is 3.86. The van der Waals surface area contributed by atoms with Crippen LogP contribution in [0.4, 0.5) is 5.69 Å². The van der Waals surface area contributed by atoms with Crippen LogP contribution >= 0.6 is 11.6 Å². The lowest BCUT2D eigenvalue weighted by Crippen LogP contribution is -2.05. The number of rotatable bonds is 3. The number of halogens is 1. The Kier molecular flexibility index (Phi) is 3.10. The Balaban J connectivity index is 2.07. The normalized spacial score (nSPS) is 12.4. The third-order valence-electron chi connectivity index (χ3n) is 2.34. The van der Waals surface area contributed by atoms with E-state index in [1.807, 2.05) is 25.5 Å². The van der Waals surface area contributed by atoms with E-state index >= 15 is 0 Å². The van der Waals surface area contributed by atoms with E-state index in [1.54, 1.807) is 16.9 Å². The molecule has 0 radical (unpaired) electrons. The number of aryl methyl sites for hydroxylation is 1. The third-order valence-corrected chi connectivity index (χ3v) is 2.56. The average Bonchev–Trinajstić information content (AvgIpc) is 2.68. The number of hydrogen-bond acceptors (Lipinski definition) is 3. The van der Waals surface area contributed by atoms with Crippen molar-refractivity contribution in [2.24, 2.45) is 7.05 Å². The van der Waals surface area contributed by atoms with E-state index in [-0.39, 0.29) is 6.04 Å². The molecule has 0 spiro atoms. The highest BCUT2D eigenvalue weighted by atomic mass is 35.5. The minimum atomic E-state index is 0.191. The summed E-state index contributed by atoms with van der Waals surface area (Å²) >= 11 is 5.72. The topological polar surface area (TPSA) is 42.7 Å². The van der Waals surface area contributed by atoms with Gasteiger partial charge in [0.25, 0.3) is 0 Å². The zero-order chi connectivity index (χ0) is 11.5. The van der Waals surface area contributed by atoms with Gasteiger partial charge in [-0.3, -0.25) is 4.68 Å². The molecular formula is C11H13ClN4. The second-order valence-corrected chi connectivity index (χ2v) is 4.07. The van der Waals surface area contributed by atoms with E-state index < -0.39 is 0 Å². The monoisotopic (exact) mass is 236 g/mol. The summed E-state index contributed by atoms with van der Waals surface area (Å²) in [5.74, 6) is 0. The van der Waals surface area contributed by atoms with Gasteiger partial charge in [0, 0.05) is 18.8 Å². The summed E-state index contributed by atoms with van der Waals surface area (Å²) < 4.78 is 1.79. The predicted octanol–water partition coefficient (Wildman–Crippen LogP) is 2.64. The molecule has 1 unspecified atom stereocenters. The van der Waals surface area contributed by atoms with Crippen molar-refractivity contribution in [2.75, 3.05) is 5.32 Å². The van der Waals surface area contributed by atoms with Crippen LogP contribution in [0.5, 0.6) is 0 Å². The molecule has 2 aromatic heterocycles. The Morgan fingerprint density at radius 2 is 2.19 bits per heavy atom. The lowest BCUT2D eigenvalue weighted by Gasteiger charge is -2.12. The minimum Gasteiger partial charge on any atom is -0.377 e. The van der Waals surface area contributed by atoms with Crippen LogP contribution in [0.15, 0.2) is 30.7 Å². The summed E-state index contributed by atoms with van der Waals surface area (Å²) in [7, 11) is 1.90. The fourth-order valence-corrected chi connectivity index (χ4v) is 1.57. The fourth-order valence-electron chi connectivity index (χ4n) is 1.46. The molecule has 0 amide bonds. The summed E-state index contributed by atoms with van der Waals surface area (Å²) in [6.45, 7) is 2.08. The maximum Gasteiger partial charge on any atom is 0.129 e. The first-order valence-corrected chi connectivity index (χ1v) is 5.39. The molecule has 5 heteroatoms. The number of aromatic nitrogens is 3. The third kappa shape index (κ3) is 2.52. The van der Waals surface area contributed by atoms with E-state index in [9.17, 15) is 0 Å². The number of pyridine rings is 1. The van der Waals surface area contributed by atoms with Crippen molar-refractivity contribution >= 4 is 17.3 Å². The molecule has 1 atom stereocenters. The smallest absolute Gasteiger partial charge is 0.129 e. The molecule has 0 fully saturated rings. The number of nitrogens with one attached hydrogen (secondary N) is 1. The molecule has 0 aromatic carbocycles. The Labute approximate surface area is 99.3 Å². The van der Waals surface area contributed by atoms with Gasteiger partial charge >= 0.3 is 0 Å². The van der Waals surface area contributed by atoms with Crippen LogP contribution in [0.25, 0.3) is 0 Å². The van der Waals surface area contributed by atoms with Gasteiger partial charge < -0.3 is 5.32 Å². The van der Waals surface area contributed by atoms with Crippen molar-refractivity contribution in [3.63, 3.8) is 0 Å². The van der Waals surface area contributed by atoms with Gasteiger partial charge in [-0.15, -0.1) is 0 Å². The van der Waals surface area contributed by atoms with Gasteiger partial charge in [-0.05, 0) is 19.1 Å². The second-order valence-electron chi connectivity index (χ2n) is 3.68. The van der Waals surface area contributed by atoms with Gasteiger partial charge in [0.1, 0.15) is 5.15 Å². The molecule has 0 aliphatic carbocycles. The Morgan fingerprint density at radius 3 is 2.75 bits per heavy atom. The molecule has 0 aliphatic rings. The summed E-state index contributed by atoms with van der Waals surface area (Å²) in [4.78, 5) is 4.01. The molecule has 0 aliphatic heterocycles. The minimum absolute atomic E-state index is 0.191. The van der Waals surface area contributed by atoms with Crippen molar-refractivity contribution in [1.29, 1.82) is 0 Å². The van der Waals surface area contributed by atoms with Crippen LogP contribution in [-0.4, -0.2) is 14.8 Å². The lowest BCUT2D eigenvalue weighted by atomic mass is 10.2. The first kappa shape index (κ1) is 11.0. The molecule has 16 heavy (non-hydrogen) atoms. The number of nitrogens with zero attached hydrogens (tertiary/aromatic N) is 3. The summed E-state index contributed by atoms with van der Waals surface area (Å²) in [5, 5.41) is 7.96. The lowest BCUT2D eigenvalue weighted by molar-refractivity contribution is 0.765. The van der Waals surface area contributed by atoms with Crippen LogP contribution in [0.2, 0.25) is 5.15 Å². The van der Waals surface area contributed by atoms with Gasteiger partial charge in [-0.1, -0.05) is 11.6 Å². The zero-order valence-electron chi connectivity index (χ0n) is 9.18. The molecule has 84 valence electrons. The van der Waals surface area contributed by atoms with Gasteiger partial charge in [-0.25, -0.2) is 4.98 Å². The predicted molar refractivity (Wildman–Crippen MR) is 64.5 cm³/mol. The molecule has 0 bridgehead atoms. The summed E-state index contributed by atoms with van der Waals surface area (Å²) in [6.07, 6.45) is 5.55. The van der Waals surface area contributed by atoms with Crippen LogP contribution in [0.3, 0.4) is 0 Å². The standard InChI is InChI=1S/C11H13ClN4/c1-8(9-5-14-16(2)7-9)15-10-3-4-11(12)13-6-10/h3-8,15H,1-2H3. The molecule has 1 N–H and O–H groups in total. The largest absolute Gasteiger partial charge is 0.377 e. The molecule has 0 saturated carbocycles. The molecule has 0 saturated heterocycles. The molecular weight excluding hydrogens is 224 g/mol. The van der Waals surface area contributed by atoms with E-state index in [1.165, 1.54) is 0 Å². The number of anilines is 1. The highest BCUT2D eigenvalue weighted by Gasteiger charge is 2.07. The first-order valence-electron chi connectivity index (χ1n) is 5.02. The van der Waals surface area contributed by atoms with Gasteiger partial charge in [0.2, 0.25) is 0 Å². The highest BCUT2D eigenvalue weighted by Crippen LogP contribution is 2.18. The van der Waals surface area contributed by atoms with E-state index in [0.717, 1.165) is 11.3 Å². The Hall–Kier alpha value is -1.55. The van der Waals surface area contributed by atoms with Crippen LogP contribution in [0, 0.1) is 0 Å². The maximum atomic E-state index is 5.72. The van der Waals surface area contributed by atoms with Gasteiger partial charge in [0.05, 0.1) is 24.1 Å². The van der Waals surface area contributed by atoms with Crippen molar-refractivity contribution in [1.82, 2.24) is 14.8 Å². The van der Waals surface area contributed by atoms with E-state index in [2.05, 4.69) is 22.3 Å². The van der Waals surface area contributed by atoms with Crippen LogP contribution < -0.4 is 5.32 Å². The van der Waals surface area contributed by atoms with Gasteiger partial charge in [-0.2, -0.15) is 5.10 Å². The average molecular weight is 237 g/mol. The highest BCUT2D eigenvalue weighted by molar-refractivity contribution is 6.29. The first-order chi connectivity index (χ1) is 7.65. The summed E-state index contributed by atoms with van der Waals surface area (Å²) in [5.41, 5.74) is 2.08. The van der Waals surface area contributed by atoms with E-state index in [0.29, 0.717) is 5.15 Å². The molecule has 2 aromatic rings. The molecule has 2 rings (SSSR count). The van der Waals surface area contributed by atoms with Crippen LogP contribution in [0.1, 0.15) is 18.5 Å². The SMILES string of the molecule is CC(Nc1ccc(Cl)nc1)c1cnn(C)c1. The Bertz CT molecular complexity index is 463. The second kappa shape index (κ2) is 4.53. The zero-order valence-corrected chi connectivity index (χ0v) is 9.94. The molecule has 2 heterocycles. The van der Waals surface area contributed by atoms with Crippen molar-refractivity contribution in [3.8, 4) is 0 Å². The quantitative estimate of drug-likeness (QED) is 0.834. The fraction of sp³-hybridized carbons (Fsp3) is 0.273.